The first kappa shape index (κ1) is 13.8. The Morgan fingerprint density at radius 1 is 0.824 bits per heavy atom. The lowest BCUT2D eigenvalue weighted by molar-refractivity contribution is 0.0570. The number of alkyl halides is 2. The molecule has 1 nitrogen and oxygen atoms in total. The molecule has 0 aromatic heterocycles. The van der Waals surface area contributed by atoms with Crippen LogP contribution in [0.5, 0.6) is 0 Å². The molecular weight excluding hydrogens is 255 g/mol. The van der Waals surface area contributed by atoms with Crippen LogP contribution in [0.2, 0.25) is 0 Å². The Morgan fingerprint density at radius 2 is 1.12 bits per heavy atom. The minimum Gasteiger partial charge on any atom is -0.317 e. The summed E-state index contributed by atoms with van der Waals surface area (Å²) in [6.07, 6.45) is -3.50. The SMILES string of the molecule is CC(N)(c1c(F)c(F)c(F)c(F)c1F)C(F)F. The van der Waals surface area contributed by atoms with Gasteiger partial charge in [-0.05, 0) is 6.92 Å². The van der Waals surface area contributed by atoms with Crippen molar-refractivity contribution in [2.45, 2.75) is 18.9 Å². The third-order valence-electron chi connectivity index (χ3n) is 2.20. The van der Waals surface area contributed by atoms with Crippen molar-refractivity contribution in [3.63, 3.8) is 0 Å². The van der Waals surface area contributed by atoms with Gasteiger partial charge in [-0.1, -0.05) is 0 Å². The molecule has 0 saturated heterocycles. The fraction of sp³-hybridized carbons (Fsp3) is 0.333. The summed E-state index contributed by atoms with van der Waals surface area (Å²) in [6, 6.07) is 0. The van der Waals surface area contributed by atoms with Crippen molar-refractivity contribution in [1.82, 2.24) is 0 Å². The summed E-state index contributed by atoms with van der Waals surface area (Å²) in [5, 5.41) is 0. The molecule has 0 spiro atoms. The quantitative estimate of drug-likeness (QED) is 0.494. The molecule has 1 rings (SSSR count). The molecule has 0 heterocycles. The lowest BCUT2D eigenvalue weighted by Gasteiger charge is -2.25. The maximum Gasteiger partial charge on any atom is 0.260 e. The van der Waals surface area contributed by atoms with Crippen LogP contribution in [0.25, 0.3) is 0 Å². The number of halogens is 7. The maximum atomic E-state index is 13.1. The highest BCUT2D eigenvalue weighted by Crippen LogP contribution is 2.33. The lowest BCUT2D eigenvalue weighted by Crippen LogP contribution is -2.43. The average molecular weight is 261 g/mol. The lowest BCUT2D eigenvalue weighted by atomic mass is 9.92. The minimum absolute atomic E-state index is 0.468. The van der Waals surface area contributed by atoms with Crippen LogP contribution >= 0.6 is 0 Å². The summed E-state index contributed by atoms with van der Waals surface area (Å²) in [6.45, 7) is 0.468. The van der Waals surface area contributed by atoms with Gasteiger partial charge in [0.05, 0.1) is 5.56 Å². The number of hydrogen-bond donors (Lipinski definition) is 1. The monoisotopic (exact) mass is 261 g/mol. The molecule has 0 fully saturated rings. The van der Waals surface area contributed by atoms with Crippen LogP contribution in [-0.4, -0.2) is 6.43 Å². The Bertz CT molecular complexity index is 426. The van der Waals surface area contributed by atoms with Crippen molar-refractivity contribution in [1.29, 1.82) is 0 Å². The van der Waals surface area contributed by atoms with E-state index in [4.69, 9.17) is 5.73 Å². The van der Waals surface area contributed by atoms with E-state index in [-0.39, 0.29) is 0 Å². The molecule has 0 radical (unpaired) electrons. The van der Waals surface area contributed by atoms with Crippen LogP contribution in [-0.2, 0) is 5.54 Å². The van der Waals surface area contributed by atoms with Crippen LogP contribution in [0.3, 0.4) is 0 Å². The van der Waals surface area contributed by atoms with Gasteiger partial charge in [-0.15, -0.1) is 0 Å². The van der Waals surface area contributed by atoms with E-state index in [0.717, 1.165) is 0 Å². The van der Waals surface area contributed by atoms with E-state index in [2.05, 4.69) is 0 Å². The van der Waals surface area contributed by atoms with Crippen LogP contribution in [0.15, 0.2) is 0 Å². The normalized spacial score (nSPS) is 15.2. The number of nitrogens with two attached hydrogens (primary N) is 1. The van der Waals surface area contributed by atoms with Crippen LogP contribution in [0.1, 0.15) is 12.5 Å². The molecule has 0 bridgehead atoms. The minimum atomic E-state index is -3.50. The van der Waals surface area contributed by atoms with E-state index in [0.29, 0.717) is 6.92 Å². The second kappa shape index (κ2) is 4.17. The van der Waals surface area contributed by atoms with Gasteiger partial charge in [0.25, 0.3) is 6.43 Å². The number of rotatable bonds is 2. The van der Waals surface area contributed by atoms with E-state index >= 15 is 0 Å². The predicted octanol–water partition coefficient (Wildman–Crippen LogP) is 2.82. The molecule has 0 aliphatic carbocycles. The van der Waals surface area contributed by atoms with Gasteiger partial charge in [0.1, 0.15) is 5.54 Å². The van der Waals surface area contributed by atoms with Crippen LogP contribution in [0, 0.1) is 29.1 Å². The summed E-state index contributed by atoms with van der Waals surface area (Å²) in [5.74, 6) is -11.8. The summed E-state index contributed by atoms with van der Waals surface area (Å²) in [5.41, 5.74) is 0.169. The summed E-state index contributed by atoms with van der Waals surface area (Å²) < 4.78 is 89.2. The van der Waals surface area contributed by atoms with Crippen molar-refractivity contribution in [2.24, 2.45) is 5.73 Å². The fourth-order valence-electron chi connectivity index (χ4n) is 1.19. The molecule has 0 aliphatic heterocycles. The average Bonchev–Trinajstić information content (AvgIpc) is 2.23. The van der Waals surface area contributed by atoms with Crippen molar-refractivity contribution >= 4 is 0 Å². The maximum absolute atomic E-state index is 13.1. The topological polar surface area (TPSA) is 26.0 Å². The Labute approximate surface area is 91.0 Å². The number of benzene rings is 1. The van der Waals surface area contributed by atoms with Crippen molar-refractivity contribution < 1.29 is 30.7 Å². The standard InChI is InChI=1S/C9H6F7N/c1-9(17,8(15)16)2-3(10)5(12)7(14)6(13)4(2)11/h8H,17H2,1H3. The Kier molecular flexibility index (Phi) is 3.37. The molecule has 1 aromatic rings. The molecule has 0 saturated carbocycles. The van der Waals surface area contributed by atoms with E-state index < -0.39 is 46.6 Å². The van der Waals surface area contributed by atoms with Crippen LogP contribution < -0.4 is 5.73 Å². The van der Waals surface area contributed by atoms with Gasteiger partial charge in [-0.2, -0.15) is 0 Å². The zero-order valence-corrected chi connectivity index (χ0v) is 8.30. The first-order chi connectivity index (χ1) is 7.62. The highest BCUT2D eigenvalue weighted by atomic mass is 19.3. The molecule has 17 heavy (non-hydrogen) atoms. The first-order valence-corrected chi connectivity index (χ1v) is 4.21. The first-order valence-electron chi connectivity index (χ1n) is 4.21. The summed E-state index contributed by atoms with van der Waals surface area (Å²) >= 11 is 0. The van der Waals surface area contributed by atoms with E-state index in [1.165, 1.54) is 0 Å². The molecule has 0 aliphatic rings. The zero-order chi connectivity index (χ0) is 13.5. The third-order valence-corrected chi connectivity index (χ3v) is 2.20. The molecule has 96 valence electrons. The molecule has 1 unspecified atom stereocenters. The van der Waals surface area contributed by atoms with Crippen molar-refractivity contribution in [3.05, 3.63) is 34.6 Å². The molecular formula is C9H6F7N. The Hall–Kier alpha value is -1.31. The van der Waals surface area contributed by atoms with Gasteiger partial charge in [-0.25, -0.2) is 30.7 Å². The molecule has 1 atom stereocenters. The van der Waals surface area contributed by atoms with E-state index in [1.807, 2.05) is 0 Å². The number of hydrogen-bond acceptors (Lipinski definition) is 1. The largest absolute Gasteiger partial charge is 0.317 e. The van der Waals surface area contributed by atoms with Gasteiger partial charge in [0, 0.05) is 0 Å². The summed E-state index contributed by atoms with van der Waals surface area (Å²) in [7, 11) is 0. The van der Waals surface area contributed by atoms with Gasteiger partial charge in [-0.3, -0.25) is 0 Å². The molecule has 1 aromatic carbocycles. The fourth-order valence-corrected chi connectivity index (χ4v) is 1.19. The highest BCUT2D eigenvalue weighted by molar-refractivity contribution is 5.30. The molecule has 8 heteroatoms. The highest BCUT2D eigenvalue weighted by Gasteiger charge is 2.41. The zero-order valence-electron chi connectivity index (χ0n) is 8.30. The smallest absolute Gasteiger partial charge is 0.260 e. The van der Waals surface area contributed by atoms with Crippen LogP contribution in [0.4, 0.5) is 30.7 Å². The second-order valence-corrected chi connectivity index (χ2v) is 3.53. The second-order valence-electron chi connectivity index (χ2n) is 3.53. The van der Waals surface area contributed by atoms with E-state index in [1.54, 1.807) is 0 Å². The van der Waals surface area contributed by atoms with Crippen molar-refractivity contribution in [2.75, 3.05) is 0 Å². The van der Waals surface area contributed by atoms with Gasteiger partial charge in [0.2, 0.25) is 5.82 Å². The predicted molar refractivity (Wildman–Crippen MR) is 43.8 cm³/mol. The molecule has 0 amide bonds. The Morgan fingerprint density at radius 3 is 1.41 bits per heavy atom. The van der Waals surface area contributed by atoms with Gasteiger partial charge >= 0.3 is 0 Å². The van der Waals surface area contributed by atoms with E-state index in [9.17, 15) is 30.7 Å². The van der Waals surface area contributed by atoms with Crippen molar-refractivity contribution in [3.8, 4) is 0 Å². The third kappa shape index (κ3) is 1.97. The van der Waals surface area contributed by atoms with Gasteiger partial charge < -0.3 is 5.73 Å². The van der Waals surface area contributed by atoms with Gasteiger partial charge in [0.15, 0.2) is 23.3 Å². The Balaban J connectivity index is 3.66. The molecule has 2 N–H and O–H groups in total. The summed E-state index contributed by atoms with van der Waals surface area (Å²) in [4.78, 5) is 0.